The number of aliphatic hydroxyl groups is 1. The summed E-state index contributed by atoms with van der Waals surface area (Å²) in [7, 11) is -1.55. The zero-order chi connectivity index (χ0) is 17.8. The summed E-state index contributed by atoms with van der Waals surface area (Å²) < 4.78 is 5.27. The molecule has 130 valence electrons. The fourth-order valence-corrected chi connectivity index (χ4v) is 3.81. The van der Waals surface area contributed by atoms with E-state index in [1.807, 2.05) is 37.3 Å². The predicted octanol–water partition coefficient (Wildman–Crippen LogP) is 3.75. The second-order valence-electron chi connectivity index (χ2n) is 7.65. The van der Waals surface area contributed by atoms with Crippen molar-refractivity contribution < 1.29 is 14.6 Å². The van der Waals surface area contributed by atoms with Crippen molar-refractivity contribution in [3.8, 4) is 11.5 Å². The van der Waals surface area contributed by atoms with Gasteiger partial charge in [0.2, 0.25) is 0 Å². The van der Waals surface area contributed by atoms with Crippen LogP contribution < -0.4 is 0 Å². The molecule has 1 aromatic carbocycles. The van der Waals surface area contributed by atoms with Gasteiger partial charge in [-0.15, -0.1) is 5.54 Å². The molecule has 1 aliphatic rings. The van der Waals surface area contributed by atoms with E-state index in [2.05, 4.69) is 31.1 Å². The lowest BCUT2D eigenvalue weighted by Crippen LogP contribution is -2.40. The normalized spacial score (nSPS) is 27.0. The lowest BCUT2D eigenvalue weighted by atomic mass is 9.69. The first-order valence-corrected chi connectivity index (χ1v) is 12.2. The molecule has 0 bridgehead atoms. The van der Waals surface area contributed by atoms with Crippen molar-refractivity contribution in [2.45, 2.75) is 57.3 Å². The van der Waals surface area contributed by atoms with Gasteiger partial charge >= 0.3 is 5.97 Å². The molecule has 1 aromatic rings. The molecule has 1 aliphatic carbocycles. The molecule has 2 rings (SSSR count). The summed E-state index contributed by atoms with van der Waals surface area (Å²) in [6.45, 7) is 8.72. The van der Waals surface area contributed by atoms with Gasteiger partial charge in [-0.1, -0.05) is 55.9 Å². The van der Waals surface area contributed by atoms with Crippen molar-refractivity contribution >= 4 is 14.0 Å². The fourth-order valence-electron chi connectivity index (χ4n) is 3.20. The van der Waals surface area contributed by atoms with Gasteiger partial charge in [0.1, 0.15) is 13.7 Å². The lowest BCUT2D eigenvalue weighted by Gasteiger charge is -2.38. The molecule has 0 spiro atoms. The van der Waals surface area contributed by atoms with Gasteiger partial charge in [0, 0.05) is 5.92 Å². The van der Waals surface area contributed by atoms with Crippen molar-refractivity contribution in [3.63, 3.8) is 0 Å². The average Bonchev–Trinajstić information content (AvgIpc) is 2.53. The second-order valence-corrected chi connectivity index (χ2v) is 12.4. The predicted molar refractivity (Wildman–Crippen MR) is 99.2 cm³/mol. The molecule has 1 N–H and O–H groups in total. The first-order valence-electron chi connectivity index (χ1n) is 8.72. The van der Waals surface area contributed by atoms with Gasteiger partial charge in [-0.2, -0.15) is 0 Å². The number of carbonyl (C=O) groups excluding carboxylic acids is 1. The smallest absolute Gasteiger partial charge is 0.309 e. The highest BCUT2D eigenvalue weighted by molar-refractivity contribution is 6.83. The first kappa shape index (κ1) is 18.8. The van der Waals surface area contributed by atoms with Crippen LogP contribution in [-0.4, -0.2) is 31.4 Å². The Bertz CT molecular complexity index is 624. The Balaban J connectivity index is 2.30. The van der Waals surface area contributed by atoms with Crippen molar-refractivity contribution in [2.24, 2.45) is 5.92 Å². The SMILES string of the molecule is CCOC(=O)[C@@H]1CC[C@](O)(C#C[Si](C)(C)C)C[C@H]1c1ccccc1. The van der Waals surface area contributed by atoms with E-state index in [1.54, 1.807) is 0 Å². The monoisotopic (exact) mass is 344 g/mol. The number of rotatable bonds is 3. The molecule has 0 saturated heterocycles. The molecule has 3 nitrogen and oxygen atoms in total. The lowest BCUT2D eigenvalue weighted by molar-refractivity contribution is -0.151. The van der Waals surface area contributed by atoms with Gasteiger partial charge < -0.3 is 9.84 Å². The number of hydrogen-bond acceptors (Lipinski definition) is 3. The maximum Gasteiger partial charge on any atom is 0.309 e. The molecular weight excluding hydrogens is 316 g/mol. The van der Waals surface area contributed by atoms with E-state index in [4.69, 9.17) is 4.74 Å². The third-order valence-electron chi connectivity index (χ3n) is 4.40. The highest BCUT2D eigenvalue weighted by atomic mass is 28.3. The highest BCUT2D eigenvalue weighted by Crippen LogP contribution is 2.43. The van der Waals surface area contributed by atoms with Crippen LogP contribution in [0.15, 0.2) is 30.3 Å². The van der Waals surface area contributed by atoms with Crippen LogP contribution in [-0.2, 0) is 9.53 Å². The summed E-state index contributed by atoms with van der Waals surface area (Å²) in [6.07, 6.45) is 1.62. The van der Waals surface area contributed by atoms with E-state index >= 15 is 0 Å². The summed E-state index contributed by atoms with van der Waals surface area (Å²) in [5, 5.41) is 11.0. The number of carbonyl (C=O) groups is 1. The van der Waals surface area contributed by atoms with Gasteiger partial charge in [0.05, 0.1) is 12.5 Å². The Morgan fingerprint density at radius 3 is 2.58 bits per heavy atom. The Morgan fingerprint density at radius 1 is 1.33 bits per heavy atom. The minimum Gasteiger partial charge on any atom is -0.466 e. The second kappa shape index (κ2) is 7.54. The standard InChI is InChI=1S/C20H28O3Si/c1-5-23-19(21)17-11-12-20(22,13-14-24(2,3)4)15-18(17)16-9-7-6-8-10-16/h6-10,17-18,22H,5,11-12,15H2,1-4H3/t17-,18+,20+/m1/s1. The van der Waals surface area contributed by atoms with E-state index in [0.717, 1.165) is 5.56 Å². The summed E-state index contributed by atoms with van der Waals surface area (Å²) in [6, 6.07) is 9.95. The Morgan fingerprint density at radius 2 is 2.00 bits per heavy atom. The van der Waals surface area contributed by atoms with Gasteiger partial charge in [0.15, 0.2) is 0 Å². The van der Waals surface area contributed by atoms with Crippen LogP contribution in [0.25, 0.3) is 0 Å². The molecule has 24 heavy (non-hydrogen) atoms. The van der Waals surface area contributed by atoms with E-state index in [9.17, 15) is 9.90 Å². The Hall–Kier alpha value is -1.57. The first-order chi connectivity index (χ1) is 11.2. The van der Waals surface area contributed by atoms with E-state index in [-0.39, 0.29) is 17.8 Å². The maximum atomic E-state index is 12.4. The molecule has 4 heteroatoms. The largest absolute Gasteiger partial charge is 0.466 e. The number of esters is 1. The number of hydrogen-bond donors (Lipinski definition) is 1. The Kier molecular flexibility index (Phi) is 5.90. The van der Waals surface area contributed by atoms with Gasteiger partial charge in [-0.05, 0) is 31.7 Å². The molecule has 3 atom stereocenters. The molecule has 0 amide bonds. The van der Waals surface area contributed by atoms with Crippen molar-refractivity contribution in [3.05, 3.63) is 35.9 Å². The molecule has 0 aromatic heterocycles. The molecule has 0 heterocycles. The van der Waals surface area contributed by atoms with Crippen LogP contribution in [0.1, 0.15) is 37.7 Å². The summed E-state index contributed by atoms with van der Waals surface area (Å²) in [4.78, 5) is 12.4. The quantitative estimate of drug-likeness (QED) is 0.516. The Labute approximate surface area is 146 Å². The zero-order valence-corrected chi connectivity index (χ0v) is 16.1. The maximum absolute atomic E-state index is 12.4. The van der Waals surface area contributed by atoms with Crippen molar-refractivity contribution in [2.75, 3.05) is 6.61 Å². The third-order valence-corrected chi connectivity index (χ3v) is 5.27. The molecule has 0 radical (unpaired) electrons. The molecule has 0 unspecified atom stereocenters. The van der Waals surface area contributed by atoms with Crippen molar-refractivity contribution in [1.29, 1.82) is 0 Å². The summed E-state index contributed by atoms with van der Waals surface area (Å²) >= 11 is 0. The van der Waals surface area contributed by atoms with E-state index in [0.29, 0.717) is 25.9 Å². The third kappa shape index (κ3) is 4.96. The minimum atomic E-state index is -1.55. The molecule has 1 saturated carbocycles. The van der Waals surface area contributed by atoms with E-state index < -0.39 is 13.7 Å². The van der Waals surface area contributed by atoms with Crippen LogP contribution >= 0.6 is 0 Å². The van der Waals surface area contributed by atoms with Crippen LogP contribution in [0.5, 0.6) is 0 Å². The average molecular weight is 345 g/mol. The summed E-state index contributed by atoms with van der Waals surface area (Å²) in [5.41, 5.74) is 3.36. The van der Waals surface area contributed by atoms with Crippen LogP contribution in [0, 0.1) is 17.4 Å². The van der Waals surface area contributed by atoms with Gasteiger partial charge in [-0.25, -0.2) is 0 Å². The topological polar surface area (TPSA) is 46.5 Å². The zero-order valence-electron chi connectivity index (χ0n) is 15.1. The van der Waals surface area contributed by atoms with Crippen LogP contribution in [0.3, 0.4) is 0 Å². The van der Waals surface area contributed by atoms with Gasteiger partial charge in [0.25, 0.3) is 0 Å². The molecule has 0 aliphatic heterocycles. The summed E-state index contributed by atoms with van der Waals surface area (Å²) in [5.74, 6) is 2.72. The van der Waals surface area contributed by atoms with Crippen LogP contribution in [0.2, 0.25) is 19.6 Å². The fraction of sp³-hybridized carbons (Fsp3) is 0.550. The molecular formula is C20H28O3Si. The van der Waals surface area contributed by atoms with E-state index in [1.165, 1.54) is 0 Å². The number of benzene rings is 1. The number of ether oxygens (including phenoxy) is 1. The van der Waals surface area contributed by atoms with Crippen molar-refractivity contribution in [1.82, 2.24) is 0 Å². The van der Waals surface area contributed by atoms with Gasteiger partial charge in [-0.3, -0.25) is 4.79 Å². The highest BCUT2D eigenvalue weighted by Gasteiger charge is 2.43. The molecule has 1 fully saturated rings. The minimum absolute atomic E-state index is 0.0556. The van der Waals surface area contributed by atoms with Crippen LogP contribution in [0.4, 0.5) is 0 Å².